The molecule has 0 N–H and O–H groups in total. The molecule has 14 heavy (non-hydrogen) atoms. The van der Waals surface area contributed by atoms with Crippen molar-refractivity contribution in [1.29, 1.82) is 0 Å². The summed E-state index contributed by atoms with van der Waals surface area (Å²) in [7, 11) is 2.15. The molecule has 0 radical (unpaired) electrons. The van der Waals surface area contributed by atoms with Gasteiger partial charge in [0.25, 0.3) is 0 Å². The standard InChI is InChI=1S/C11H20N2O/c1-9(2)13-8-11(6-10(13)14)4-5-12(3)7-11/h9H,4-8H2,1-3H3. The first-order valence-corrected chi connectivity index (χ1v) is 5.50. The molecule has 80 valence electrons. The van der Waals surface area contributed by atoms with Crippen LogP contribution >= 0.6 is 0 Å². The van der Waals surface area contributed by atoms with E-state index in [0.29, 0.717) is 11.9 Å². The second kappa shape index (κ2) is 3.23. The molecule has 1 atom stereocenters. The van der Waals surface area contributed by atoms with Gasteiger partial charge in [0.05, 0.1) is 0 Å². The summed E-state index contributed by atoms with van der Waals surface area (Å²) >= 11 is 0. The molecule has 2 fully saturated rings. The Morgan fingerprint density at radius 3 is 2.50 bits per heavy atom. The van der Waals surface area contributed by atoms with Gasteiger partial charge in [0.1, 0.15) is 0 Å². The number of hydrogen-bond acceptors (Lipinski definition) is 2. The van der Waals surface area contributed by atoms with Crippen LogP contribution in [0.25, 0.3) is 0 Å². The van der Waals surface area contributed by atoms with Crippen LogP contribution in [0.5, 0.6) is 0 Å². The van der Waals surface area contributed by atoms with Crippen molar-refractivity contribution in [2.24, 2.45) is 5.41 Å². The zero-order valence-corrected chi connectivity index (χ0v) is 9.42. The zero-order valence-electron chi connectivity index (χ0n) is 9.42. The first-order chi connectivity index (χ1) is 6.52. The predicted molar refractivity (Wildman–Crippen MR) is 56.0 cm³/mol. The molecule has 1 unspecified atom stereocenters. The third-order valence-corrected chi connectivity index (χ3v) is 3.60. The smallest absolute Gasteiger partial charge is 0.223 e. The molecule has 0 aromatic carbocycles. The second-order valence-corrected chi connectivity index (χ2v) is 5.28. The average Bonchev–Trinajstić information content (AvgIpc) is 2.57. The highest BCUT2D eigenvalue weighted by Crippen LogP contribution is 2.40. The lowest BCUT2D eigenvalue weighted by Gasteiger charge is -2.25. The van der Waals surface area contributed by atoms with Gasteiger partial charge in [0.15, 0.2) is 0 Å². The molecule has 2 aliphatic rings. The lowest BCUT2D eigenvalue weighted by atomic mass is 9.86. The van der Waals surface area contributed by atoms with Crippen LogP contribution in [-0.4, -0.2) is 48.4 Å². The largest absolute Gasteiger partial charge is 0.340 e. The van der Waals surface area contributed by atoms with E-state index in [0.717, 1.165) is 26.1 Å². The highest BCUT2D eigenvalue weighted by Gasteiger charge is 2.46. The summed E-state index contributed by atoms with van der Waals surface area (Å²) in [6, 6.07) is 0.368. The van der Waals surface area contributed by atoms with Crippen molar-refractivity contribution in [3.05, 3.63) is 0 Å². The van der Waals surface area contributed by atoms with Gasteiger partial charge in [-0.05, 0) is 33.9 Å². The van der Waals surface area contributed by atoms with E-state index in [2.05, 4.69) is 25.8 Å². The lowest BCUT2D eigenvalue weighted by Crippen LogP contribution is -2.34. The van der Waals surface area contributed by atoms with Crippen molar-refractivity contribution in [3.8, 4) is 0 Å². The number of rotatable bonds is 1. The molecular formula is C11H20N2O. The minimum Gasteiger partial charge on any atom is -0.340 e. The molecule has 0 aromatic rings. The third-order valence-electron chi connectivity index (χ3n) is 3.60. The monoisotopic (exact) mass is 196 g/mol. The molecule has 0 bridgehead atoms. The summed E-state index contributed by atoms with van der Waals surface area (Å²) in [6.45, 7) is 7.44. The van der Waals surface area contributed by atoms with E-state index in [1.807, 2.05) is 4.90 Å². The Morgan fingerprint density at radius 2 is 2.07 bits per heavy atom. The van der Waals surface area contributed by atoms with Crippen LogP contribution < -0.4 is 0 Å². The van der Waals surface area contributed by atoms with E-state index < -0.39 is 0 Å². The maximum Gasteiger partial charge on any atom is 0.223 e. The lowest BCUT2D eigenvalue weighted by molar-refractivity contribution is -0.129. The van der Waals surface area contributed by atoms with Crippen molar-refractivity contribution < 1.29 is 4.79 Å². The summed E-state index contributed by atoms with van der Waals surface area (Å²) in [6.07, 6.45) is 1.97. The Balaban J connectivity index is 2.09. The summed E-state index contributed by atoms with van der Waals surface area (Å²) in [5.74, 6) is 0.357. The molecule has 1 amide bonds. The highest BCUT2D eigenvalue weighted by molar-refractivity contribution is 5.79. The number of carbonyl (C=O) groups is 1. The number of amides is 1. The maximum absolute atomic E-state index is 11.8. The van der Waals surface area contributed by atoms with Gasteiger partial charge in [-0.15, -0.1) is 0 Å². The van der Waals surface area contributed by atoms with Crippen LogP contribution in [0.15, 0.2) is 0 Å². The van der Waals surface area contributed by atoms with Gasteiger partial charge >= 0.3 is 0 Å². The molecule has 0 aliphatic carbocycles. The van der Waals surface area contributed by atoms with Crippen LogP contribution in [0.2, 0.25) is 0 Å². The Kier molecular flexibility index (Phi) is 2.30. The summed E-state index contributed by atoms with van der Waals surface area (Å²) in [4.78, 5) is 16.2. The Labute approximate surface area is 86.1 Å². The van der Waals surface area contributed by atoms with E-state index in [1.54, 1.807) is 0 Å². The fraction of sp³-hybridized carbons (Fsp3) is 0.909. The van der Waals surface area contributed by atoms with E-state index >= 15 is 0 Å². The van der Waals surface area contributed by atoms with E-state index in [4.69, 9.17) is 0 Å². The second-order valence-electron chi connectivity index (χ2n) is 5.28. The summed E-state index contributed by atoms with van der Waals surface area (Å²) < 4.78 is 0. The average molecular weight is 196 g/mol. The SMILES string of the molecule is CC(C)N1CC2(CCN(C)C2)CC1=O. The van der Waals surface area contributed by atoms with Crippen LogP contribution in [0, 0.1) is 5.41 Å². The van der Waals surface area contributed by atoms with E-state index in [-0.39, 0.29) is 5.41 Å². The molecule has 3 nitrogen and oxygen atoms in total. The molecule has 3 heteroatoms. The molecule has 0 aromatic heterocycles. The molecular weight excluding hydrogens is 176 g/mol. The van der Waals surface area contributed by atoms with Gasteiger partial charge in [-0.1, -0.05) is 0 Å². The number of nitrogens with zero attached hydrogens (tertiary/aromatic N) is 2. The van der Waals surface area contributed by atoms with Crippen LogP contribution in [0.4, 0.5) is 0 Å². The fourth-order valence-electron chi connectivity index (χ4n) is 2.83. The number of hydrogen-bond donors (Lipinski definition) is 0. The first kappa shape index (κ1) is 9.97. The maximum atomic E-state index is 11.8. The molecule has 2 aliphatic heterocycles. The molecule has 2 heterocycles. The minimum absolute atomic E-state index is 0.288. The Hall–Kier alpha value is -0.570. The zero-order chi connectivity index (χ0) is 10.3. The van der Waals surface area contributed by atoms with Gasteiger partial charge in [-0.3, -0.25) is 4.79 Å². The van der Waals surface area contributed by atoms with Crippen LogP contribution in [0.3, 0.4) is 0 Å². The fourth-order valence-corrected chi connectivity index (χ4v) is 2.83. The van der Waals surface area contributed by atoms with E-state index in [9.17, 15) is 4.79 Å². The third kappa shape index (κ3) is 1.54. The summed E-state index contributed by atoms with van der Waals surface area (Å²) in [5.41, 5.74) is 0.288. The van der Waals surface area contributed by atoms with Crippen LogP contribution in [0.1, 0.15) is 26.7 Å². The quantitative estimate of drug-likeness (QED) is 0.623. The van der Waals surface area contributed by atoms with Crippen molar-refractivity contribution in [1.82, 2.24) is 9.80 Å². The molecule has 2 rings (SSSR count). The highest BCUT2D eigenvalue weighted by atomic mass is 16.2. The number of likely N-dealkylation sites (tertiary alicyclic amines) is 2. The van der Waals surface area contributed by atoms with Crippen LogP contribution in [-0.2, 0) is 4.79 Å². The van der Waals surface area contributed by atoms with Crippen molar-refractivity contribution in [2.75, 3.05) is 26.7 Å². The molecule has 0 saturated carbocycles. The van der Waals surface area contributed by atoms with Crippen molar-refractivity contribution in [2.45, 2.75) is 32.7 Å². The Bertz CT molecular complexity index is 252. The van der Waals surface area contributed by atoms with E-state index in [1.165, 1.54) is 6.42 Å². The van der Waals surface area contributed by atoms with Gasteiger partial charge in [0.2, 0.25) is 5.91 Å². The summed E-state index contributed by atoms with van der Waals surface area (Å²) in [5, 5.41) is 0. The Morgan fingerprint density at radius 1 is 1.36 bits per heavy atom. The first-order valence-electron chi connectivity index (χ1n) is 5.50. The normalized spacial score (nSPS) is 34.0. The topological polar surface area (TPSA) is 23.6 Å². The minimum atomic E-state index is 0.288. The van der Waals surface area contributed by atoms with Gasteiger partial charge in [-0.25, -0.2) is 0 Å². The van der Waals surface area contributed by atoms with Gasteiger partial charge in [-0.2, -0.15) is 0 Å². The van der Waals surface area contributed by atoms with Crippen molar-refractivity contribution in [3.63, 3.8) is 0 Å². The molecule has 1 spiro atoms. The van der Waals surface area contributed by atoms with Gasteiger partial charge < -0.3 is 9.80 Å². The van der Waals surface area contributed by atoms with Gasteiger partial charge in [0, 0.05) is 31.0 Å². The molecule has 2 saturated heterocycles. The predicted octanol–water partition coefficient (Wildman–Crippen LogP) is 0.949. The number of carbonyl (C=O) groups excluding carboxylic acids is 1. The van der Waals surface area contributed by atoms with Crippen molar-refractivity contribution >= 4 is 5.91 Å².